The molecule has 4 rings (SSSR count). The van der Waals surface area contributed by atoms with E-state index in [-0.39, 0.29) is 48.7 Å². The van der Waals surface area contributed by atoms with Crippen LogP contribution in [0.25, 0.3) is 11.0 Å². The minimum atomic E-state index is -0.994. The predicted octanol–water partition coefficient (Wildman–Crippen LogP) is 3.60. The Kier molecular flexibility index (Phi) is 8.59. The van der Waals surface area contributed by atoms with E-state index >= 15 is 0 Å². The Bertz CT molecular complexity index is 1390. The number of amidine groups is 1. The van der Waals surface area contributed by atoms with Crippen LogP contribution in [-0.4, -0.2) is 43.9 Å². The van der Waals surface area contributed by atoms with E-state index in [0.29, 0.717) is 29.0 Å². The molecule has 0 fully saturated rings. The van der Waals surface area contributed by atoms with Gasteiger partial charge >= 0.3 is 5.97 Å². The van der Waals surface area contributed by atoms with Gasteiger partial charge in [0.25, 0.3) is 5.91 Å². The van der Waals surface area contributed by atoms with Crippen LogP contribution in [0, 0.1) is 5.41 Å². The molecule has 2 heterocycles. The Morgan fingerprint density at radius 1 is 1.11 bits per heavy atom. The second-order valence-corrected chi connectivity index (χ2v) is 7.92. The number of benzene rings is 2. The third kappa shape index (κ3) is 5.97. The smallest absolute Gasteiger partial charge is 0.305 e. The molecule has 1 amide bonds. The van der Waals surface area contributed by atoms with Crippen LogP contribution >= 0.6 is 24.0 Å². The predicted molar refractivity (Wildman–Crippen MR) is 149 cm³/mol. The standard InChI is InChI=1S/C25H25N7O3.HI/c1-31-20-10-7-17(25(35)32(13-11-23(33)34)21-4-2-3-12-28-21)14-19(20)30-22(31)15-29-18-8-5-16(6-9-18)24(26)27;/h2-10,12,14,29H,11,13,15H2,1H3,(H3,26,27)(H,33,34);1H. The highest BCUT2D eigenvalue weighted by Crippen LogP contribution is 2.21. The molecule has 0 bridgehead atoms. The lowest BCUT2D eigenvalue weighted by Crippen LogP contribution is -2.33. The number of carbonyl (C=O) groups is 2. The highest BCUT2D eigenvalue weighted by molar-refractivity contribution is 14.0. The maximum absolute atomic E-state index is 13.3. The Hall–Kier alpha value is -4.00. The van der Waals surface area contributed by atoms with E-state index in [2.05, 4.69) is 15.3 Å². The summed E-state index contributed by atoms with van der Waals surface area (Å²) in [5.41, 5.74) is 8.92. The van der Waals surface area contributed by atoms with Crippen LogP contribution in [0.5, 0.6) is 0 Å². The van der Waals surface area contributed by atoms with Gasteiger partial charge in [0.2, 0.25) is 0 Å². The number of rotatable bonds is 9. The number of aliphatic carboxylic acids is 1. The van der Waals surface area contributed by atoms with Crippen LogP contribution in [0.2, 0.25) is 0 Å². The first-order chi connectivity index (χ1) is 16.8. The van der Waals surface area contributed by atoms with Crippen LogP contribution in [0.3, 0.4) is 0 Å². The molecule has 0 unspecified atom stereocenters. The zero-order chi connectivity index (χ0) is 24.9. The number of hydrogen-bond acceptors (Lipinski definition) is 6. The van der Waals surface area contributed by atoms with Crippen molar-refractivity contribution in [3.05, 3.63) is 83.8 Å². The Morgan fingerprint density at radius 3 is 2.47 bits per heavy atom. The third-order valence-electron chi connectivity index (χ3n) is 5.59. The molecule has 36 heavy (non-hydrogen) atoms. The van der Waals surface area contributed by atoms with Crippen LogP contribution in [0.4, 0.5) is 11.5 Å². The van der Waals surface area contributed by atoms with Gasteiger partial charge in [-0.25, -0.2) is 9.97 Å². The molecule has 10 nitrogen and oxygen atoms in total. The van der Waals surface area contributed by atoms with Gasteiger partial charge in [-0.3, -0.25) is 19.9 Å². The van der Waals surface area contributed by atoms with E-state index in [9.17, 15) is 9.59 Å². The van der Waals surface area contributed by atoms with Crippen molar-refractivity contribution < 1.29 is 14.7 Å². The topological polar surface area (TPSA) is 150 Å². The molecule has 2 aromatic heterocycles. The van der Waals surface area contributed by atoms with Gasteiger partial charge in [0.05, 0.1) is 24.0 Å². The van der Waals surface area contributed by atoms with E-state index in [0.717, 1.165) is 17.0 Å². The second kappa shape index (κ2) is 11.6. The summed E-state index contributed by atoms with van der Waals surface area (Å²) in [4.78, 5) is 34.7. The number of nitrogen functional groups attached to an aromatic ring is 1. The Labute approximate surface area is 224 Å². The SMILES string of the molecule is Cn1c(CNc2ccc(C(=N)N)cc2)nc2cc(C(=O)N(CCC(=O)O)c3ccccn3)ccc21.I. The number of pyridine rings is 1. The third-order valence-corrected chi connectivity index (χ3v) is 5.59. The van der Waals surface area contributed by atoms with E-state index in [1.807, 2.05) is 29.8 Å². The summed E-state index contributed by atoms with van der Waals surface area (Å²) in [5, 5.41) is 19.9. The van der Waals surface area contributed by atoms with Crippen molar-refractivity contribution in [3.63, 3.8) is 0 Å². The average molecular weight is 599 g/mol. The number of carboxylic acid groups (broad SMARTS) is 1. The number of carbonyl (C=O) groups excluding carboxylic acids is 1. The van der Waals surface area contributed by atoms with Crippen molar-refractivity contribution in [3.8, 4) is 0 Å². The molecule has 0 atom stereocenters. The minimum Gasteiger partial charge on any atom is -0.481 e. The lowest BCUT2D eigenvalue weighted by Gasteiger charge is -2.21. The van der Waals surface area contributed by atoms with Crippen molar-refractivity contribution in [2.24, 2.45) is 12.8 Å². The zero-order valence-corrected chi connectivity index (χ0v) is 21.8. The number of amides is 1. The van der Waals surface area contributed by atoms with Crippen LogP contribution in [-0.2, 0) is 18.4 Å². The molecular weight excluding hydrogens is 573 g/mol. The number of carboxylic acids is 1. The summed E-state index contributed by atoms with van der Waals surface area (Å²) in [6.07, 6.45) is 1.36. The molecule has 0 aliphatic rings. The molecule has 0 aliphatic heterocycles. The fraction of sp³-hybridized carbons (Fsp3) is 0.160. The summed E-state index contributed by atoms with van der Waals surface area (Å²) in [6, 6.07) is 17.6. The highest BCUT2D eigenvalue weighted by atomic mass is 127. The quantitative estimate of drug-likeness (QED) is 0.130. The van der Waals surface area contributed by atoms with Crippen LogP contribution < -0.4 is 16.0 Å². The molecule has 0 saturated heterocycles. The first kappa shape index (κ1) is 26.6. The van der Waals surface area contributed by atoms with Gasteiger partial charge in [0.15, 0.2) is 0 Å². The summed E-state index contributed by atoms with van der Waals surface area (Å²) in [5.74, 6) is -0.162. The molecule has 0 aliphatic carbocycles. The van der Waals surface area contributed by atoms with Crippen molar-refractivity contribution >= 4 is 64.2 Å². The molecule has 4 aromatic rings. The maximum Gasteiger partial charge on any atom is 0.305 e. The fourth-order valence-electron chi connectivity index (χ4n) is 3.69. The van der Waals surface area contributed by atoms with Gasteiger partial charge in [-0.1, -0.05) is 6.07 Å². The van der Waals surface area contributed by atoms with E-state index in [1.165, 1.54) is 4.90 Å². The molecule has 11 heteroatoms. The van der Waals surface area contributed by atoms with E-state index < -0.39 is 5.97 Å². The monoisotopic (exact) mass is 599 g/mol. The number of fused-ring (bicyclic) bond motifs is 1. The number of nitrogens with one attached hydrogen (secondary N) is 2. The number of imidazole rings is 1. The van der Waals surface area contributed by atoms with Crippen LogP contribution in [0.15, 0.2) is 66.9 Å². The Morgan fingerprint density at radius 2 is 1.83 bits per heavy atom. The van der Waals surface area contributed by atoms with Crippen LogP contribution in [0.1, 0.15) is 28.2 Å². The molecule has 186 valence electrons. The zero-order valence-electron chi connectivity index (χ0n) is 19.5. The van der Waals surface area contributed by atoms with Gasteiger partial charge in [-0.15, -0.1) is 24.0 Å². The largest absolute Gasteiger partial charge is 0.481 e. The molecule has 0 spiro atoms. The number of nitrogens with two attached hydrogens (primary N) is 1. The summed E-state index contributed by atoms with van der Waals surface area (Å²) in [7, 11) is 1.90. The number of aromatic nitrogens is 3. The normalized spacial score (nSPS) is 10.5. The van der Waals surface area contributed by atoms with E-state index in [4.69, 9.17) is 16.2 Å². The first-order valence-corrected chi connectivity index (χ1v) is 10.9. The number of halogens is 1. The Balaban J connectivity index is 0.00000361. The number of aryl methyl sites for hydroxylation is 1. The molecule has 0 saturated carbocycles. The summed E-state index contributed by atoms with van der Waals surface area (Å²) >= 11 is 0. The van der Waals surface area contributed by atoms with Crippen molar-refractivity contribution in [2.45, 2.75) is 13.0 Å². The van der Waals surface area contributed by atoms with Crippen molar-refractivity contribution in [1.82, 2.24) is 14.5 Å². The summed E-state index contributed by atoms with van der Waals surface area (Å²) < 4.78 is 1.95. The lowest BCUT2D eigenvalue weighted by molar-refractivity contribution is -0.136. The highest BCUT2D eigenvalue weighted by Gasteiger charge is 2.21. The van der Waals surface area contributed by atoms with Gasteiger partial charge in [0.1, 0.15) is 17.5 Å². The maximum atomic E-state index is 13.3. The number of nitrogens with zero attached hydrogens (tertiary/aromatic N) is 4. The van der Waals surface area contributed by atoms with Gasteiger partial charge in [-0.2, -0.15) is 0 Å². The summed E-state index contributed by atoms with van der Waals surface area (Å²) in [6.45, 7) is 0.454. The molecule has 0 radical (unpaired) electrons. The first-order valence-electron chi connectivity index (χ1n) is 10.9. The van der Waals surface area contributed by atoms with Crippen molar-refractivity contribution in [2.75, 3.05) is 16.8 Å². The fourth-order valence-corrected chi connectivity index (χ4v) is 3.69. The van der Waals surface area contributed by atoms with Gasteiger partial charge in [0, 0.05) is 36.6 Å². The number of anilines is 2. The van der Waals surface area contributed by atoms with Crippen molar-refractivity contribution in [1.29, 1.82) is 5.41 Å². The lowest BCUT2D eigenvalue weighted by atomic mass is 10.1. The van der Waals surface area contributed by atoms with E-state index in [1.54, 1.807) is 48.7 Å². The minimum absolute atomic E-state index is 0. The average Bonchev–Trinajstić information content (AvgIpc) is 3.18. The molecule has 2 aromatic carbocycles. The van der Waals surface area contributed by atoms with Gasteiger partial charge in [-0.05, 0) is 54.6 Å². The van der Waals surface area contributed by atoms with Gasteiger partial charge < -0.3 is 20.7 Å². The molecule has 5 N–H and O–H groups in total. The number of hydrogen-bond donors (Lipinski definition) is 4. The molecular formula is C25H26IN7O3. The second-order valence-electron chi connectivity index (χ2n) is 7.92.